The number of benzene rings is 2. The van der Waals surface area contributed by atoms with Crippen LogP contribution in [0, 0.1) is 5.92 Å². The van der Waals surface area contributed by atoms with Gasteiger partial charge in [-0.1, -0.05) is 17.7 Å². The number of hydrogen-bond acceptors (Lipinski definition) is 11. The molecule has 2 fully saturated rings. The number of rotatable bonds is 12. The van der Waals surface area contributed by atoms with Gasteiger partial charge in [-0.3, -0.25) is 39.2 Å². The normalized spacial score (nSPS) is 20.2. The number of fused-ring (bicyclic) bond motifs is 2. The molecule has 15 heteroatoms. The number of carbonyl (C=O) groups is 5. The van der Waals surface area contributed by atoms with Crippen LogP contribution in [0.4, 0.5) is 11.4 Å². The molecule has 276 valence electrons. The van der Waals surface area contributed by atoms with Crippen LogP contribution in [0.3, 0.4) is 0 Å². The molecule has 0 spiro atoms. The van der Waals surface area contributed by atoms with Gasteiger partial charge in [-0.25, -0.2) is 4.98 Å². The van der Waals surface area contributed by atoms with Crippen molar-refractivity contribution in [3.05, 3.63) is 75.5 Å². The number of halogens is 1. The smallest absolute Gasteiger partial charge is 0.264 e. The van der Waals surface area contributed by atoms with E-state index in [0.29, 0.717) is 46.1 Å². The molecule has 4 aromatic rings. The summed E-state index contributed by atoms with van der Waals surface area (Å²) in [5.41, 5.74) is 2.89. The Balaban J connectivity index is 0.883. The topological polar surface area (TPSA) is 163 Å². The van der Waals surface area contributed by atoms with Crippen molar-refractivity contribution in [2.24, 2.45) is 5.92 Å². The second-order valence-corrected chi connectivity index (χ2v) is 15.4. The van der Waals surface area contributed by atoms with Crippen LogP contribution in [0.25, 0.3) is 10.2 Å². The van der Waals surface area contributed by atoms with Gasteiger partial charge in [0.25, 0.3) is 17.7 Å². The number of nitrogens with zero attached hydrogens (tertiary/aromatic N) is 4. The Hall–Kier alpha value is -4.92. The summed E-state index contributed by atoms with van der Waals surface area (Å²) in [6, 6.07) is 9.47. The molecule has 1 atom stereocenters. The molecular weight excluding hydrogens is 718 g/mol. The van der Waals surface area contributed by atoms with Crippen molar-refractivity contribution in [1.29, 1.82) is 0 Å². The number of thiazole rings is 1. The van der Waals surface area contributed by atoms with E-state index in [1.54, 1.807) is 42.7 Å². The first-order valence-corrected chi connectivity index (χ1v) is 19.0. The minimum atomic E-state index is -0.990. The molecule has 4 heterocycles. The molecule has 3 aliphatic rings. The van der Waals surface area contributed by atoms with Gasteiger partial charge in [-0.15, -0.1) is 11.3 Å². The molecule has 13 nitrogen and oxygen atoms in total. The molecule has 0 bridgehead atoms. The number of aromatic nitrogens is 2. The van der Waals surface area contributed by atoms with Crippen LogP contribution < -0.4 is 20.7 Å². The number of piperidine rings is 1. The van der Waals surface area contributed by atoms with Gasteiger partial charge in [0.2, 0.25) is 11.8 Å². The lowest BCUT2D eigenvalue weighted by molar-refractivity contribution is -0.136. The van der Waals surface area contributed by atoms with Gasteiger partial charge >= 0.3 is 0 Å². The molecule has 53 heavy (non-hydrogen) atoms. The van der Waals surface area contributed by atoms with E-state index in [9.17, 15) is 24.0 Å². The van der Waals surface area contributed by atoms with Crippen molar-refractivity contribution in [2.45, 2.75) is 56.9 Å². The molecule has 1 saturated carbocycles. The molecule has 1 aliphatic carbocycles. The van der Waals surface area contributed by atoms with E-state index < -0.39 is 29.7 Å². The van der Waals surface area contributed by atoms with Gasteiger partial charge in [0.1, 0.15) is 11.8 Å². The maximum atomic E-state index is 13.4. The quantitative estimate of drug-likeness (QED) is 0.120. The van der Waals surface area contributed by atoms with Crippen molar-refractivity contribution >= 4 is 74.1 Å². The number of anilines is 2. The summed E-state index contributed by atoms with van der Waals surface area (Å²) in [4.78, 5) is 75.7. The first-order valence-electron chi connectivity index (χ1n) is 17.8. The highest BCUT2D eigenvalue weighted by Crippen LogP contribution is 2.41. The number of carbonyl (C=O) groups excluding carboxylic acids is 5. The highest BCUT2D eigenvalue weighted by atomic mass is 35.5. The molecule has 0 radical (unpaired) electrons. The Kier molecular flexibility index (Phi) is 10.7. The van der Waals surface area contributed by atoms with Crippen LogP contribution in [0.2, 0.25) is 5.02 Å². The predicted octanol–water partition coefficient (Wildman–Crippen LogP) is 5.71. The van der Waals surface area contributed by atoms with Crippen LogP contribution >= 0.6 is 22.9 Å². The lowest BCUT2D eigenvalue weighted by Crippen LogP contribution is -2.54. The molecule has 1 unspecified atom stereocenters. The van der Waals surface area contributed by atoms with Gasteiger partial charge < -0.3 is 20.3 Å². The van der Waals surface area contributed by atoms with Crippen LogP contribution in [-0.2, 0) is 9.59 Å². The van der Waals surface area contributed by atoms with E-state index in [2.05, 4.69) is 32.9 Å². The molecule has 7 rings (SSSR count). The van der Waals surface area contributed by atoms with Crippen molar-refractivity contribution < 1.29 is 28.7 Å². The highest BCUT2D eigenvalue weighted by Gasteiger charge is 2.45. The van der Waals surface area contributed by atoms with Crippen molar-refractivity contribution in [3.63, 3.8) is 0 Å². The minimum absolute atomic E-state index is 0.0819. The number of ether oxygens (including phenoxy) is 1. The third kappa shape index (κ3) is 7.75. The van der Waals surface area contributed by atoms with Gasteiger partial charge in [-0.2, -0.15) is 0 Å². The maximum absolute atomic E-state index is 13.4. The van der Waals surface area contributed by atoms with Crippen LogP contribution in [0.15, 0.2) is 48.8 Å². The average molecular weight is 758 g/mol. The molecule has 2 aromatic carbocycles. The molecular formula is C38H40ClN7O6S. The first-order chi connectivity index (χ1) is 25.6. The Morgan fingerprint density at radius 2 is 1.87 bits per heavy atom. The van der Waals surface area contributed by atoms with E-state index in [1.165, 1.54) is 12.4 Å². The molecule has 2 aromatic heterocycles. The molecule has 5 amide bonds. The van der Waals surface area contributed by atoms with Crippen LogP contribution in [-0.4, -0.2) is 89.1 Å². The minimum Gasteiger partial charge on any atom is -0.494 e. The standard InChI is InChI=1S/C38H40ClN7O6S/c1-45(14-4-13-41-26-6-3-5-25-33(26)38(51)46(37(25)50)29-11-12-32(47)44-35(29)49)20-21-7-9-22(10-8-21)36-43-28-16-30(52-2)27(17-31(28)53-36)42-34(48)23-15-24(39)19-40-18-23/h3,5-6,15-19,21-22,29,41H,4,7-14,20H2,1-2H3,(H,42,48)(H,44,47,49). The third-order valence-corrected chi connectivity index (χ3v) is 11.6. The number of amides is 5. The monoisotopic (exact) mass is 757 g/mol. The summed E-state index contributed by atoms with van der Waals surface area (Å²) in [5, 5.41) is 9.99. The van der Waals surface area contributed by atoms with E-state index in [4.69, 9.17) is 21.3 Å². The second kappa shape index (κ2) is 15.6. The van der Waals surface area contributed by atoms with Crippen molar-refractivity contribution in [3.8, 4) is 5.75 Å². The zero-order valence-corrected chi connectivity index (χ0v) is 31.0. The lowest BCUT2D eigenvalue weighted by atomic mass is 9.82. The lowest BCUT2D eigenvalue weighted by Gasteiger charge is -2.30. The number of methoxy groups -OCH3 is 1. The summed E-state index contributed by atoms with van der Waals surface area (Å²) >= 11 is 7.68. The number of imide groups is 2. The zero-order chi connectivity index (χ0) is 37.2. The Bertz CT molecular complexity index is 2100. The van der Waals surface area contributed by atoms with E-state index in [1.807, 2.05) is 12.1 Å². The summed E-state index contributed by atoms with van der Waals surface area (Å²) in [6.07, 6.45) is 8.32. The third-order valence-electron chi connectivity index (χ3n) is 10.2. The highest BCUT2D eigenvalue weighted by molar-refractivity contribution is 7.18. The zero-order valence-electron chi connectivity index (χ0n) is 29.4. The van der Waals surface area contributed by atoms with Gasteiger partial charge in [0, 0.05) is 49.6 Å². The number of pyridine rings is 1. The van der Waals surface area contributed by atoms with Crippen molar-refractivity contribution in [1.82, 2.24) is 25.1 Å². The van der Waals surface area contributed by atoms with E-state index in [0.717, 1.165) is 65.3 Å². The predicted molar refractivity (Wildman–Crippen MR) is 202 cm³/mol. The van der Waals surface area contributed by atoms with Crippen LogP contribution in [0.1, 0.15) is 86.9 Å². The average Bonchev–Trinajstić information content (AvgIpc) is 3.67. The summed E-state index contributed by atoms with van der Waals surface area (Å²) < 4.78 is 6.57. The molecule has 1 saturated heterocycles. The summed E-state index contributed by atoms with van der Waals surface area (Å²) in [5.74, 6) is -0.864. The Labute approximate surface area is 315 Å². The van der Waals surface area contributed by atoms with Crippen molar-refractivity contribution in [2.75, 3.05) is 44.4 Å². The van der Waals surface area contributed by atoms with E-state index >= 15 is 0 Å². The van der Waals surface area contributed by atoms with E-state index in [-0.39, 0.29) is 29.9 Å². The first kappa shape index (κ1) is 36.4. The fourth-order valence-corrected chi connectivity index (χ4v) is 8.83. The van der Waals surface area contributed by atoms with Gasteiger partial charge in [-0.05, 0) is 82.3 Å². The SMILES string of the molecule is COc1cc2nc(C3CCC(CN(C)CCCNc4cccc5c4C(=O)N(C4CCC(=O)NC4=O)C5=O)CC3)sc2cc1NC(=O)c1cncc(Cl)c1. The Morgan fingerprint density at radius 1 is 1.06 bits per heavy atom. The number of hydrogen-bond donors (Lipinski definition) is 3. The second-order valence-electron chi connectivity index (χ2n) is 13.9. The molecule has 3 N–H and O–H groups in total. The summed E-state index contributed by atoms with van der Waals surface area (Å²) in [7, 11) is 3.70. The number of nitrogens with one attached hydrogen (secondary N) is 3. The van der Waals surface area contributed by atoms with Gasteiger partial charge in [0.05, 0.1) is 49.7 Å². The maximum Gasteiger partial charge on any atom is 0.264 e. The molecule has 2 aliphatic heterocycles. The summed E-state index contributed by atoms with van der Waals surface area (Å²) in [6.45, 7) is 2.46. The van der Waals surface area contributed by atoms with Gasteiger partial charge in [0.15, 0.2) is 0 Å². The Morgan fingerprint density at radius 3 is 2.62 bits per heavy atom. The van der Waals surface area contributed by atoms with Crippen LogP contribution in [0.5, 0.6) is 5.75 Å². The fourth-order valence-electron chi connectivity index (χ4n) is 7.50. The fraction of sp³-hybridized carbons (Fsp3) is 0.395. The largest absolute Gasteiger partial charge is 0.494 e.